The Hall–Kier alpha value is -1.44. The summed E-state index contributed by atoms with van der Waals surface area (Å²) >= 11 is 0. The molecule has 1 aromatic heterocycles. The summed E-state index contributed by atoms with van der Waals surface area (Å²) in [7, 11) is 1.73. The first-order valence-corrected chi connectivity index (χ1v) is 6.92. The topological polar surface area (TPSA) is 25.0 Å². The van der Waals surface area contributed by atoms with Crippen molar-refractivity contribution < 1.29 is 4.74 Å². The highest BCUT2D eigenvalue weighted by molar-refractivity contribution is 5.86. The molecule has 0 radical (unpaired) electrons. The summed E-state index contributed by atoms with van der Waals surface area (Å²) in [4.78, 5) is 3.52. The number of unbranched alkanes of at least 4 members (excludes halogenated alkanes) is 2. The maximum atomic E-state index is 5.40. The Morgan fingerprint density at radius 2 is 2.11 bits per heavy atom. The third-order valence-electron chi connectivity index (χ3n) is 3.64. The average Bonchev–Trinajstić information content (AvgIpc) is 2.82. The van der Waals surface area contributed by atoms with Crippen molar-refractivity contribution in [3.63, 3.8) is 0 Å². The van der Waals surface area contributed by atoms with Gasteiger partial charge in [0.2, 0.25) is 0 Å². The summed E-state index contributed by atoms with van der Waals surface area (Å²) in [6.45, 7) is 4.55. The van der Waals surface area contributed by atoms with Crippen molar-refractivity contribution in [2.24, 2.45) is 0 Å². The van der Waals surface area contributed by atoms with E-state index < -0.39 is 0 Å². The normalized spacial score (nSPS) is 12.8. The molecule has 1 N–H and O–H groups in total. The SMILES string of the molecule is CCCCCC(C)c1cc2c(OC)cccc2[nH]1. The van der Waals surface area contributed by atoms with Gasteiger partial charge in [-0.3, -0.25) is 0 Å². The van der Waals surface area contributed by atoms with Gasteiger partial charge in [-0.2, -0.15) is 0 Å². The Labute approximate surface area is 109 Å². The van der Waals surface area contributed by atoms with E-state index in [2.05, 4.69) is 31.0 Å². The van der Waals surface area contributed by atoms with Gasteiger partial charge < -0.3 is 9.72 Å². The molecule has 2 heteroatoms. The third-order valence-corrected chi connectivity index (χ3v) is 3.64. The number of aromatic nitrogens is 1. The number of ether oxygens (including phenoxy) is 1. The summed E-state index contributed by atoms with van der Waals surface area (Å²) in [5.41, 5.74) is 2.50. The van der Waals surface area contributed by atoms with Crippen LogP contribution in [0.3, 0.4) is 0 Å². The number of benzene rings is 1. The number of methoxy groups -OCH3 is 1. The molecule has 0 aliphatic heterocycles. The van der Waals surface area contributed by atoms with Crippen molar-refractivity contribution >= 4 is 10.9 Å². The van der Waals surface area contributed by atoms with Gasteiger partial charge in [-0.1, -0.05) is 39.2 Å². The number of rotatable bonds is 6. The molecular formula is C16H23NO. The first kappa shape index (κ1) is 13.0. The Morgan fingerprint density at radius 1 is 1.28 bits per heavy atom. The lowest BCUT2D eigenvalue weighted by Crippen LogP contribution is -1.93. The van der Waals surface area contributed by atoms with Crippen LogP contribution in [-0.2, 0) is 0 Å². The highest BCUT2D eigenvalue weighted by Crippen LogP contribution is 2.30. The quantitative estimate of drug-likeness (QED) is 0.722. The van der Waals surface area contributed by atoms with Gasteiger partial charge in [0.25, 0.3) is 0 Å². The van der Waals surface area contributed by atoms with E-state index in [1.54, 1.807) is 7.11 Å². The predicted molar refractivity (Wildman–Crippen MR) is 77.4 cm³/mol. The number of H-pyrrole nitrogens is 1. The monoisotopic (exact) mass is 245 g/mol. The van der Waals surface area contributed by atoms with Crippen LogP contribution in [0.25, 0.3) is 10.9 Å². The van der Waals surface area contributed by atoms with Crippen LogP contribution in [0.5, 0.6) is 5.75 Å². The van der Waals surface area contributed by atoms with Gasteiger partial charge in [0.05, 0.1) is 7.11 Å². The van der Waals surface area contributed by atoms with Gasteiger partial charge in [0, 0.05) is 16.6 Å². The Bertz CT molecular complexity index is 501. The lowest BCUT2D eigenvalue weighted by atomic mass is 10.00. The van der Waals surface area contributed by atoms with E-state index in [1.165, 1.54) is 42.3 Å². The van der Waals surface area contributed by atoms with Crippen molar-refractivity contribution in [2.45, 2.75) is 45.4 Å². The molecule has 1 atom stereocenters. The fourth-order valence-corrected chi connectivity index (χ4v) is 2.45. The van der Waals surface area contributed by atoms with E-state index in [0.29, 0.717) is 5.92 Å². The second-order valence-corrected chi connectivity index (χ2v) is 5.04. The third kappa shape index (κ3) is 2.69. The van der Waals surface area contributed by atoms with Crippen molar-refractivity contribution in [3.8, 4) is 5.75 Å². The summed E-state index contributed by atoms with van der Waals surface area (Å²) in [6.07, 6.45) is 5.17. The number of hydrogen-bond donors (Lipinski definition) is 1. The highest BCUT2D eigenvalue weighted by Gasteiger charge is 2.10. The number of hydrogen-bond acceptors (Lipinski definition) is 1. The zero-order valence-electron chi connectivity index (χ0n) is 11.6. The van der Waals surface area contributed by atoms with Crippen LogP contribution in [0.4, 0.5) is 0 Å². The minimum absolute atomic E-state index is 0.591. The molecule has 0 saturated carbocycles. The lowest BCUT2D eigenvalue weighted by Gasteiger charge is -2.08. The van der Waals surface area contributed by atoms with Crippen molar-refractivity contribution in [2.75, 3.05) is 7.11 Å². The second kappa shape index (κ2) is 5.94. The van der Waals surface area contributed by atoms with Gasteiger partial charge in [-0.25, -0.2) is 0 Å². The van der Waals surface area contributed by atoms with E-state index in [4.69, 9.17) is 4.74 Å². The molecule has 0 fully saturated rings. The van der Waals surface area contributed by atoms with Gasteiger partial charge in [-0.05, 0) is 30.5 Å². The van der Waals surface area contributed by atoms with Crippen LogP contribution < -0.4 is 4.74 Å². The highest BCUT2D eigenvalue weighted by atomic mass is 16.5. The smallest absolute Gasteiger partial charge is 0.128 e. The number of fused-ring (bicyclic) bond motifs is 1. The molecule has 2 aromatic rings. The van der Waals surface area contributed by atoms with E-state index in [0.717, 1.165) is 5.75 Å². The molecule has 1 aromatic carbocycles. The van der Waals surface area contributed by atoms with E-state index >= 15 is 0 Å². The fraction of sp³-hybridized carbons (Fsp3) is 0.500. The van der Waals surface area contributed by atoms with Gasteiger partial charge in [0.1, 0.15) is 5.75 Å². The molecule has 2 rings (SSSR count). The molecule has 0 spiro atoms. The molecule has 0 bridgehead atoms. The summed E-state index contributed by atoms with van der Waals surface area (Å²) in [5, 5.41) is 1.19. The van der Waals surface area contributed by atoms with Crippen molar-refractivity contribution in [3.05, 3.63) is 30.0 Å². The van der Waals surface area contributed by atoms with E-state index in [-0.39, 0.29) is 0 Å². The van der Waals surface area contributed by atoms with Gasteiger partial charge in [0.15, 0.2) is 0 Å². The molecule has 1 unspecified atom stereocenters. The summed E-state index contributed by atoms with van der Waals surface area (Å²) < 4.78 is 5.40. The molecule has 0 amide bonds. The molecule has 0 aliphatic rings. The van der Waals surface area contributed by atoms with E-state index in [1.807, 2.05) is 12.1 Å². The van der Waals surface area contributed by atoms with Crippen LogP contribution in [0.1, 0.15) is 51.1 Å². The average molecular weight is 245 g/mol. The fourth-order valence-electron chi connectivity index (χ4n) is 2.45. The molecule has 0 aliphatic carbocycles. The molecule has 98 valence electrons. The number of nitrogens with one attached hydrogen (secondary N) is 1. The Kier molecular flexibility index (Phi) is 4.29. The maximum absolute atomic E-state index is 5.40. The first-order chi connectivity index (χ1) is 8.76. The molecule has 18 heavy (non-hydrogen) atoms. The van der Waals surface area contributed by atoms with Crippen LogP contribution in [0.2, 0.25) is 0 Å². The first-order valence-electron chi connectivity index (χ1n) is 6.92. The molecule has 1 heterocycles. The minimum atomic E-state index is 0.591. The van der Waals surface area contributed by atoms with Crippen molar-refractivity contribution in [1.29, 1.82) is 0 Å². The van der Waals surface area contributed by atoms with Gasteiger partial charge in [-0.15, -0.1) is 0 Å². The summed E-state index contributed by atoms with van der Waals surface area (Å²) in [6, 6.07) is 8.40. The Balaban J connectivity index is 2.19. The molecule has 2 nitrogen and oxygen atoms in total. The minimum Gasteiger partial charge on any atom is -0.496 e. The summed E-state index contributed by atoms with van der Waals surface area (Å²) in [5.74, 6) is 1.55. The van der Waals surface area contributed by atoms with Crippen LogP contribution in [-0.4, -0.2) is 12.1 Å². The van der Waals surface area contributed by atoms with E-state index in [9.17, 15) is 0 Å². The van der Waals surface area contributed by atoms with Crippen LogP contribution in [0.15, 0.2) is 24.3 Å². The largest absolute Gasteiger partial charge is 0.496 e. The lowest BCUT2D eigenvalue weighted by molar-refractivity contribution is 0.420. The molecular weight excluding hydrogens is 222 g/mol. The van der Waals surface area contributed by atoms with Gasteiger partial charge >= 0.3 is 0 Å². The van der Waals surface area contributed by atoms with Crippen molar-refractivity contribution in [1.82, 2.24) is 4.98 Å². The zero-order valence-corrected chi connectivity index (χ0v) is 11.6. The molecule has 0 saturated heterocycles. The standard InChI is InChI=1S/C16H23NO/c1-4-5-6-8-12(2)15-11-13-14(17-15)9-7-10-16(13)18-3/h7,9-12,17H,4-6,8H2,1-3H3. The predicted octanol–water partition coefficient (Wildman–Crippen LogP) is 4.86. The zero-order chi connectivity index (χ0) is 13.0. The van der Waals surface area contributed by atoms with Crippen LogP contribution >= 0.6 is 0 Å². The second-order valence-electron chi connectivity index (χ2n) is 5.04. The Morgan fingerprint density at radius 3 is 2.83 bits per heavy atom. The van der Waals surface area contributed by atoms with Crippen LogP contribution in [0, 0.1) is 0 Å². The number of aromatic amines is 1. The maximum Gasteiger partial charge on any atom is 0.128 e.